The minimum absolute atomic E-state index is 0.304. The molecule has 0 radical (unpaired) electrons. The van der Waals surface area contributed by atoms with E-state index in [-0.39, 0.29) is 5.60 Å². The fraction of sp³-hybridized carbons (Fsp3) is 0.429. The number of carbonyl (C=O) groups is 2. The van der Waals surface area contributed by atoms with Gasteiger partial charge in [0.2, 0.25) is 0 Å². The van der Waals surface area contributed by atoms with Crippen LogP contribution < -0.4 is 10.1 Å². The number of rotatable bonds is 4. The molecule has 0 saturated heterocycles. The molecule has 0 aliphatic carbocycles. The lowest BCUT2D eigenvalue weighted by Crippen LogP contribution is -2.38. The van der Waals surface area contributed by atoms with Gasteiger partial charge in [-0.3, -0.25) is 9.59 Å². The van der Waals surface area contributed by atoms with Crippen LogP contribution in [-0.2, 0) is 4.79 Å². The topological polar surface area (TPSA) is 75.6 Å². The lowest BCUT2D eigenvalue weighted by molar-refractivity contribution is -0.138. The van der Waals surface area contributed by atoms with Gasteiger partial charge in [0.25, 0.3) is 5.91 Å². The molecule has 5 nitrogen and oxygen atoms in total. The van der Waals surface area contributed by atoms with Crippen molar-refractivity contribution >= 4 is 11.9 Å². The number of aliphatic carboxylic acids is 1. The third kappa shape index (κ3) is 4.99. The Kier molecular flexibility index (Phi) is 4.53. The zero-order valence-corrected chi connectivity index (χ0v) is 11.6. The molecule has 1 unspecified atom stereocenters. The summed E-state index contributed by atoms with van der Waals surface area (Å²) in [6.45, 7) is 7.21. The van der Waals surface area contributed by atoms with Crippen LogP contribution in [0.25, 0.3) is 0 Å². The number of carboxylic acids is 1. The van der Waals surface area contributed by atoms with Gasteiger partial charge >= 0.3 is 5.97 Å². The molecular weight excluding hydrogens is 246 g/mol. The number of hydrogen-bond donors (Lipinski definition) is 2. The first-order valence-electron chi connectivity index (χ1n) is 6.02. The van der Waals surface area contributed by atoms with E-state index in [0.29, 0.717) is 11.3 Å². The first-order chi connectivity index (χ1) is 8.69. The number of nitrogens with one attached hydrogen (secondary N) is 1. The van der Waals surface area contributed by atoms with E-state index in [1.165, 1.54) is 6.92 Å². The highest BCUT2D eigenvalue weighted by Crippen LogP contribution is 2.18. The molecule has 0 aliphatic heterocycles. The molecule has 2 N–H and O–H groups in total. The van der Waals surface area contributed by atoms with E-state index in [1.54, 1.807) is 24.3 Å². The number of carbonyl (C=O) groups excluding carboxylic acids is 1. The monoisotopic (exact) mass is 265 g/mol. The second-order valence-electron chi connectivity index (χ2n) is 5.27. The maximum absolute atomic E-state index is 11.7. The van der Waals surface area contributed by atoms with E-state index in [2.05, 4.69) is 5.32 Å². The van der Waals surface area contributed by atoms with E-state index < -0.39 is 17.9 Å². The average Bonchev–Trinajstić information content (AvgIpc) is 2.27. The highest BCUT2D eigenvalue weighted by atomic mass is 16.5. The lowest BCUT2D eigenvalue weighted by Gasteiger charge is -2.21. The van der Waals surface area contributed by atoms with Crippen LogP contribution in [0.1, 0.15) is 38.1 Å². The first-order valence-corrected chi connectivity index (χ1v) is 6.02. The lowest BCUT2D eigenvalue weighted by atomic mass is 10.1. The molecule has 0 aliphatic rings. The van der Waals surface area contributed by atoms with Crippen molar-refractivity contribution in [3.63, 3.8) is 0 Å². The molecule has 1 aromatic rings. The Bertz CT molecular complexity index is 459. The van der Waals surface area contributed by atoms with Crippen molar-refractivity contribution in [2.45, 2.75) is 39.3 Å². The van der Waals surface area contributed by atoms with E-state index in [1.807, 2.05) is 20.8 Å². The Morgan fingerprint density at radius 1 is 1.21 bits per heavy atom. The fourth-order valence-corrected chi connectivity index (χ4v) is 1.37. The van der Waals surface area contributed by atoms with Gasteiger partial charge in [-0.2, -0.15) is 0 Å². The van der Waals surface area contributed by atoms with E-state index in [0.717, 1.165) is 0 Å². The van der Waals surface area contributed by atoms with Crippen LogP contribution in [0, 0.1) is 0 Å². The summed E-state index contributed by atoms with van der Waals surface area (Å²) in [5, 5.41) is 11.1. The molecule has 0 aromatic heterocycles. The van der Waals surface area contributed by atoms with Gasteiger partial charge in [0.1, 0.15) is 17.4 Å². The number of benzene rings is 1. The van der Waals surface area contributed by atoms with Gasteiger partial charge in [-0.1, -0.05) is 0 Å². The minimum Gasteiger partial charge on any atom is -0.488 e. The number of ether oxygens (including phenoxy) is 1. The van der Waals surface area contributed by atoms with Crippen molar-refractivity contribution in [2.75, 3.05) is 0 Å². The summed E-state index contributed by atoms with van der Waals surface area (Å²) < 4.78 is 5.63. The van der Waals surface area contributed by atoms with Crippen LogP contribution in [0.2, 0.25) is 0 Å². The van der Waals surface area contributed by atoms with Gasteiger partial charge in [0.15, 0.2) is 0 Å². The zero-order valence-electron chi connectivity index (χ0n) is 11.6. The van der Waals surface area contributed by atoms with Crippen molar-refractivity contribution in [1.29, 1.82) is 0 Å². The van der Waals surface area contributed by atoms with Crippen molar-refractivity contribution in [1.82, 2.24) is 5.32 Å². The van der Waals surface area contributed by atoms with Gasteiger partial charge < -0.3 is 15.2 Å². The molecule has 0 fully saturated rings. The Balaban J connectivity index is 2.71. The second-order valence-corrected chi connectivity index (χ2v) is 5.27. The Morgan fingerprint density at radius 3 is 2.16 bits per heavy atom. The van der Waals surface area contributed by atoms with Crippen molar-refractivity contribution in [3.8, 4) is 5.75 Å². The van der Waals surface area contributed by atoms with Crippen molar-refractivity contribution in [3.05, 3.63) is 29.8 Å². The third-order valence-electron chi connectivity index (χ3n) is 2.26. The summed E-state index contributed by atoms with van der Waals surface area (Å²) in [7, 11) is 0. The van der Waals surface area contributed by atoms with Gasteiger partial charge in [0, 0.05) is 5.56 Å². The molecule has 0 saturated carbocycles. The van der Waals surface area contributed by atoms with Crippen molar-refractivity contribution < 1.29 is 19.4 Å². The predicted octanol–water partition coefficient (Wildman–Crippen LogP) is 2.07. The molecule has 1 atom stereocenters. The zero-order chi connectivity index (χ0) is 14.6. The fourth-order valence-electron chi connectivity index (χ4n) is 1.37. The van der Waals surface area contributed by atoms with Gasteiger partial charge in [0.05, 0.1) is 0 Å². The van der Waals surface area contributed by atoms with Crippen LogP contribution in [0.4, 0.5) is 0 Å². The maximum atomic E-state index is 11.7. The van der Waals surface area contributed by atoms with Crippen LogP contribution in [0.5, 0.6) is 5.75 Å². The smallest absolute Gasteiger partial charge is 0.325 e. The predicted molar refractivity (Wildman–Crippen MR) is 71.4 cm³/mol. The second kappa shape index (κ2) is 5.73. The summed E-state index contributed by atoms with van der Waals surface area (Å²) >= 11 is 0. The van der Waals surface area contributed by atoms with Crippen LogP contribution >= 0.6 is 0 Å². The average molecular weight is 265 g/mol. The number of carboxylic acid groups (broad SMARTS) is 1. The highest BCUT2D eigenvalue weighted by molar-refractivity contribution is 5.96. The van der Waals surface area contributed by atoms with Gasteiger partial charge in [-0.25, -0.2) is 0 Å². The molecule has 19 heavy (non-hydrogen) atoms. The SMILES string of the molecule is CC(NC(=O)c1ccc(OC(C)(C)C)cc1)C(=O)O. The largest absolute Gasteiger partial charge is 0.488 e. The molecule has 1 rings (SSSR count). The number of amides is 1. The minimum atomic E-state index is -1.07. The van der Waals surface area contributed by atoms with Gasteiger partial charge in [-0.05, 0) is 52.0 Å². The molecule has 1 aromatic carbocycles. The molecule has 1 amide bonds. The quantitative estimate of drug-likeness (QED) is 0.873. The molecule has 0 heterocycles. The van der Waals surface area contributed by atoms with Gasteiger partial charge in [-0.15, -0.1) is 0 Å². The molecular formula is C14H19NO4. The normalized spacial score (nSPS) is 12.6. The third-order valence-corrected chi connectivity index (χ3v) is 2.26. The highest BCUT2D eigenvalue weighted by Gasteiger charge is 2.16. The Labute approximate surface area is 112 Å². The van der Waals surface area contributed by atoms with Crippen LogP contribution in [0.3, 0.4) is 0 Å². The van der Waals surface area contributed by atoms with E-state index in [4.69, 9.17) is 9.84 Å². The first kappa shape index (κ1) is 15.0. The van der Waals surface area contributed by atoms with Crippen LogP contribution in [0.15, 0.2) is 24.3 Å². The molecule has 0 spiro atoms. The number of hydrogen-bond acceptors (Lipinski definition) is 3. The standard InChI is InChI=1S/C14H19NO4/c1-9(13(17)18)15-12(16)10-5-7-11(8-6-10)19-14(2,3)4/h5-9H,1-4H3,(H,15,16)(H,17,18). The summed E-state index contributed by atoms with van der Waals surface area (Å²) in [6, 6.07) is 5.66. The summed E-state index contributed by atoms with van der Waals surface area (Å²) in [5.74, 6) is -0.825. The summed E-state index contributed by atoms with van der Waals surface area (Å²) in [4.78, 5) is 22.4. The molecule has 5 heteroatoms. The molecule has 0 bridgehead atoms. The Hall–Kier alpha value is -2.04. The maximum Gasteiger partial charge on any atom is 0.325 e. The summed E-state index contributed by atoms with van der Waals surface area (Å²) in [5.41, 5.74) is 0.0936. The van der Waals surface area contributed by atoms with Crippen molar-refractivity contribution in [2.24, 2.45) is 0 Å². The summed E-state index contributed by atoms with van der Waals surface area (Å²) in [6.07, 6.45) is 0. The van der Waals surface area contributed by atoms with Crippen LogP contribution in [-0.4, -0.2) is 28.6 Å². The van der Waals surface area contributed by atoms with E-state index >= 15 is 0 Å². The Morgan fingerprint density at radius 2 is 1.74 bits per heavy atom. The van der Waals surface area contributed by atoms with E-state index in [9.17, 15) is 9.59 Å². The molecule has 104 valence electrons.